The summed E-state index contributed by atoms with van der Waals surface area (Å²) in [5.74, 6) is 2.13. The standard InChI is InChI=1S/C30H26N6O4/c31-28-27-29(33-20-32-28)36(22-18-34(19-22)26(37)12-7-17-39-23-8-3-1-4-9-23)30(38)35(27)21-13-15-25(16-14-21)40-24-10-5-2-6-11-24/h1-16,20,22H,17-19H2,(H2,31,32,33). The first-order valence-electron chi connectivity index (χ1n) is 12.8. The molecule has 5 aromatic rings. The Balaban J connectivity index is 1.19. The number of rotatable bonds is 8. The molecule has 1 fully saturated rings. The van der Waals surface area contributed by atoms with E-state index in [1.807, 2.05) is 60.7 Å². The second kappa shape index (κ2) is 10.8. The van der Waals surface area contributed by atoms with Crippen molar-refractivity contribution in [2.24, 2.45) is 0 Å². The number of ether oxygens (including phenoxy) is 2. The minimum Gasteiger partial charge on any atom is -0.490 e. The Morgan fingerprint density at radius 2 is 1.55 bits per heavy atom. The maximum atomic E-state index is 13.7. The first-order valence-corrected chi connectivity index (χ1v) is 12.8. The van der Waals surface area contributed by atoms with E-state index in [4.69, 9.17) is 15.2 Å². The molecule has 1 saturated heterocycles. The molecular weight excluding hydrogens is 508 g/mol. The largest absolute Gasteiger partial charge is 0.490 e. The van der Waals surface area contributed by atoms with Crippen LogP contribution in [-0.2, 0) is 4.79 Å². The molecule has 2 aromatic heterocycles. The molecule has 1 aliphatic rings. The number of para-hydroxylation sites is 2. The van der Waals surface area contributed by atoms with Crippen LogP contribution in [0.4, 0.5) is 5.82 Å². The summed E-state index contributed by atoms with van der Waals surface area (Å²) in [5.41, 5.74) is 7.36. The Labute approximate surface area is 229 Å². The number of hydrogen-bond donors (Lipinski definition) is 1. The summed E-state index contributed by atoms with van der Waals surface area (Å²) in [5, 5.41) is 0. The fraction of sp³-hybridized carbons (Fsp3) is 0.133. The van der Waals surface area contributed by atoms with E-state index in [9.17, 15) is 9.59 Å². The van der Waals surface area contributed by atoms with Crippen molar-refractivity contribution in [3.8, 4) is 22.9 Å². The highest BCUT2D eigenvalue weighted by Crippen LogP contribution is 2.28. The SMILES string of the molecule is Nc1ncnc2c1n(-c1ccc(Oc3ccccc3)cc1)c(=O)n2C1CN(C(=O)C=CCOc2ccccc2)C1. The zero-order valence-electron chi connectivity index (χ0n) is 21.5. The van der Waals surface area contributed by atoms with Gasteiger partial charge in [-0.3, -0.25) is 13.9 Å². The number of anilines is 1. The van der Waals surface area contributed by atoms with E-state index in [0.717, 1.165) is 5.75 Å². The molecule has 3 heterocycles. The molecule has 0 atom stereocenters. The first-order chi connectivity index (χ1) is 19.6. The fourth-order valence-electron chi connectivity index (χ4n) is 4.64. The maximum absolute atomic E-state index is 13.7. The summed E-state index contributed by atoms with van der Waals surface area (Å²) >= 11 is 0. The van der Waals surface area contributed by atoms with Crippen molar-refractivity contribution in [3.63, 3.8) is 0 Å². The molecule has 0 spiro atoms. The van der Waals surface area contributed by atoms with Gasteiger partial charge in [0.05, 0.1) is 11.7 Å². The molecule has 6 rings (SSSR count). The molecule has 10 heteroatoms. The van der Waals surface area contributed by atoms with Gasteiger partial charge in [-0.25, -0.2) is 14.8 Å². The summed E-state index contributed by atoms with van der Waals surface area (Å²) in [6, 6.07) is 25.7. The average Bonchev–Trinajstić information content (AvgIpc) is 3.25. The number of imidazole rings is 1. The molecule has 1 aliphatic heterocycles. The quantitative estimate of drug-likeness (QED) is 0.299. The second-order valence-corrected chi connectivity index (χ2v) is 9.25. The molecule has 3 aromatic carbocycles. The van der Waals surface area contributed by atoms with E-state index >= 15 is 0 Å². The van der Waals surface area contributed by atoms with Crippen LogP contribution in [0.3, 0.4) is 0 Å². The van der Waals surface area contributed by atoms with Crippen LogP contribution in [0.5, 0.6) is 17.2 Å². The van der Waals surface area contributed by atoms with Gasteiger partial charge in [0.1, 0.15) is 35.7 Å². The summed E-state index contributed by atoms with van der Waals surface area (Å²) < 4.78 is 14.6. The number of nitrogen functional groups attached to an aromatic ring is 1. The lowest BCUT2D eigenvalue weighted by Crippen LogP contribution is -2.52. The normalized spacial score (nSPS) is 13.4. The van der Waals surface area contributed by atoms with E-state index < -0.39 is 0 Å². The maximum Gasteiger partial charge on any atom is 0.335 e. The third-order valence-corrected chi connectivity index (χ3v) is 6.64. The third kappa shape index (κ3) is 4.90. The van der Waals surface area contributed by atoms with Crippen LogP contribution in [0.2, 0.25) is 0 Å². The molecule has 0 radical (unpaired) electrons. The highest BCUT2D eigenvalue weighted by molar-refractivity contribution is 5.88. The van der Waals surface area contributed by atoms with Crippen molar-refractivity contribution >= 4 is 22.9 Å². The predicted molar refractivity (Wildman–Crippen MR) is 151 cm³/mol. The minimum absolute atomic E-state index is 0.146. The lowest BCUT2D eigenvalue weighted by Gasteiger charge is -2.38. The molecule has 200 valence electrons. The molecule has 40 heavy (non-hydrogen) atoms. The van der Waals surface area contributed by atoms with Crippen LogP contribution in [0, 0.1) is 0 Å². The van der Waals surface area contributed by atoms with Crippen LogP contribution in [0.15, 0.2) is 108 Å². The molecule has 0 saturated carbocycles. The second-order valence-electron chi connectivity index (χ2n) is 9.25. The monoisotopic (exact) mass is 534 g/mol. The Morgan fingerprint density at radius 1 is 0.900 bits per heavy atom. The van der Waals surface area contributed by atoms with Crippen LogP contribution < -0.4 is 20.9 Å². The van der Waals surface area contributed by atoms with Gasteiger partial charge in [0.25, 0.3) is 0 Å². The van der Waals surface area contributed by atoms with Crippen molar-refractivity contribution in [1.29, 1.82) is 0 Å². The van der Waals surface area contributed by atoms with Gasteiger partial charge in [-0.15, -0.1) is 0 Å². The molecule has 2 N–H and O–H groups in total. The van der Waals surface area contributed by atoms with Crippen molar-refractivity contribution in [2.75, 3.05) is 25.4 Å². The van der Waals surface area contributed by atoms with Gasteiger partial charge in [0.15, 0.2) is 11.5 Å². The van der Waals surface area contributed by atoms with E-state index in [2.05, 4.69) is 9.97 Å². The average molecular weight is 535 g/mol. The molecule has 0 unspecified atom stereocenters. The number of carbonyl (C=O) groups excluding carboxylic acids is 1. The van der Waals surface area contributed by atoms with Gasteiger partial charge in [0, 0.05) is 19.2 Å². The molecule has 0 aliphatic carbocycles. The van der Waals surface area contributed by atoms with Crippen molar-refractivity contribution in [1.82, 2.24) is 24.0 Å². The van der Waals surface area contributed by atoms with Gasteiger partial charge >= 0.3 is 5.69 Å². The van der Waals surface area contributed by atoms with E-state index in [1.54, 1.807) is 39.8 Å². The summed E-state index contributed by atoms with van der Waals surface area (Å²) in [4.78, 5) is 36.5. The number of fused-ring (bicyclic) bond motifs is 1. The van der Waals surface area contributed by atoms with Crippen molar-refractivity contribution < 1.29 is 14.3 Å². The van der Waals surface area contributed by atoms with Crippen LogP contribution in [-0.4, -0.2) is 49.6 Å². The fourth-order valence-corrected chi connectivity index (χ4v) is 4.64. The van der Waals surface area contributed by atoms with Crippen molar-refractivity contribution in [2.45, 2.75) is 6.04 Å². The Kier molecular flexibility index (Phi) is 6.72. The zero-order valence-corrected chi connectivity index (χ0v) is 21.5. The van der Waals surface area contributed by atoms with Crippen LogP contribution >= 0.6 is 0 Å². The Hall–Kier alpha value is -5.38. The number of nitrogens with two attached hydrogens (primary N) is 1. The van der Waals surface area contributed by atoms with Crippen molar-refractivity contribution in [3.05, 3.63) is 114 Å². The van der Waals surface area contributed by atoms with E-state index in [1.165, 1.54) is 17.0 Å². The predicted octanol–water partition coefficient (Wildman–Crippen LogP) is 3.98. The highest BCUT2D eigenvalue weighted by Gasteiger charge is 2.35. The third-order valence-electron chi connectivity index (χ3n) is 6.64. The van der Waals surface area contributed by atoms with Crippen LogP contribution in [0.25, 0.3) is 16.9 Å². The van der Waals surface area contributed by atoms with E-state index in [-0.39, 0.29) is 30.1 Å². The smallest absolute Gasteiger partial charge is 0.335 e. The van der Waals surface area contributed by atoms with Gasteiger partial charge in [0.2, 0.25) is 5.91 Å². The highest BCUT2D eigenvalue weighted by atomic mass is 16.5. The number of amides is 1. The number of carbonyl (C=O) groups is 1. The van der Waals surface area contributed by atoms with Gasteiger partial charge in [-0.2, -0.15) is 0 Å². The zero-order chi connectivity index (χ0) is 27.5. The first kappa shape index (κ1) is 24.9. The molecule has 0 bridgehead atoms. The topological polar surface area (TPSA) is 118 Å². The lowest BCUT2D eigenvalue weighted by molar-refractivity contribution is -0.131. The van der Waals surface area contributed by atoms with Gasteiger partial charge < -0.3 is 20.1 Å². The summed E-state index contributed by atoms with van der Waals surface area (Å²) in [7, 11) is 0. The Morgan fingerprint density at radius 3 is 2.25 bits per heavy atom. The van der Waals surface area contributed by atoms with Crippen LogP contribution in [0.1, 0.15) is 6.04 Å². The molecule has 10 nitrogen and oxygen atoms in total. The summed E-state index contributed by atoms with van der Waals surface area (Å²) in [6.07, 6.45) is 4.51. The number of likely N-dealkylation sites (tertiary alicyclic amines) is 1. The van der Waals surface area contributed by atoms with Gasteiger partial charge in [-0.05, 0) is 54.6 Å². The Bertz CT molecular complexity index is 1720. The molecule has 1 amide bonds. The number of hydrogen-bond acceptors (Lipinski definition) is 7. The number of aromatic nitrogens is 4. The van der Waals surface area contributed by atoms with Gasteiger partial charge in [-0.1, -0.05) is 36.4 Å². The minimum atomic E-state index is -0.303. The molecular formula is C30H26N6O4. The summed E-state index contributed by atoms with van der Waals surface area (Å²) in [6.45, 7) is 1.02. The lowest BCUT2D eigenvalue weighted by atomic mass is 10.1. The number of nitrogens with zero attached hydrogens (tertiary/aromatic N) is 5. The van der Waals surface area contributed by atoms with E-state index in [0.29, 0.717) is 41.4 Å². The number of benzene rings is 3.